The molecule has 1 heterocycles. The molecular formula is C15H19Cl2IN4OS. The minimum Gasteiger partial charge on any atom is -0.490 e. The number of guanidine groups is 1. The number of aryl methyl sites for hydroxylation is 1. The van der Waals surface area contributed by atoms with E-state index in [1.807, 2.05) is 13.1 Å². The summed E-state index contributed by atoms with van der Waals surface area (Å²) in [6, 6.07) is 5.31. The van der Waals surface area contributed by atoms with Gasteiger partial charge in [-0.2, -0.15) is 0 Å². The minimum atomic E-state index is 0. The molecule has 2 rings (SSSR count). The molecule has 0 amide bonds. The third-order valence-electron chi connectivity index (χ3n) is 2.87. The first-order valence-electron chi connectivity index (χ1n) is 7.02. The van der Waals surface area contributed by atoms with Gasteiger partial charge in [-0.3, -0.25) is 4.99 Å². The predicted molar refractivity (Wildman–Crippen MR) is 112 cm³/mol. The molecule has 2 N–H and O–H groups in total. The lowest BCUT2D eigenvalue weighted by Crippen LogP contribution is -2.38. The lowest BCUT2D eigenvalue weighted by molar-refractivity contribution is 0.322. The maximum atomic E-state index is 6.06. The molecule has 0 aliphatic rings. The quantitative estimate of drug-likeness (QED) is 0.271. The molecule has 0 spiro atoms. The highest BCUT2D eigenvalue weighted by Crippen LogP contribution is 2.31. The van der Waals surface area contributed by atoms with Crippen molar-refractivity contribution in [2.45, 2.75) is 13.5 Å². The van der Waals surface area contributed by atoms with E-state index in [2.05, 4.69) is 20.6 Å². The Kier molecular flexibility index (Phi) is 9.72. The highest BCUT2D eigenvalue weighted by atomic mass is 127. The number of benzene rings is 1. The molecule has 0 aliphatic heterocycles. The number of hydrogen-bond donors (Lipinski definition) is 2. The van der Waals surface area contributed by atoms with Gasteiger partial charge >= 0.3 is 0 Å². The fraction of sp³-hybridized carbons (Fsp3) is 0.333. The summed E-state index contributed by atoms with van der Waals surface area (Å²) in [4.78, 5) is 9.64. The van der Waals surface area contributed by atoms with Gasteiger partial charge in [-0.15, -0.1) is 35.3 Å². The molecule has 1 aromatic carbocycles. The normalized spacial score (nSPS) is 10.9. The average Bonchev–Trinajstić information content (AvgIpc) is 2.96. The number of rotatable bonds is 6. The number of nitrogens with zero attached hydrogens (tertiary/aromatic N) is 2. The first-order valence-corrected chi connectivity index (χ1v) is 8.60. The van der Waals surface area contributed by atoms with Crippen molar-refractivity contribution in [3.8, 4) is 5.75 Å². The second kappa shape index (κ2) is 11.0. The predicted octanol–water partition coefficient (Wildman–Crippen LogP) is 4.12. The van der Waals surface area contributed by atoms with Crippen molar-refractivity contribution in [3.63, 3.8) is 0 Å². The monoisotopic (exact) mass is 500 g/mol. The topological polar surface area (TPSA) is 58.5 Å². The minimum absolute atomic E-state index is 0. The van der Waals surface area contributed by atoms with Crippen LogP contribution in [0, 0.1) is 6.92 Å². The standard InChI is InChI=1S/C15H18Cl2N4OS.HI/c1-10-8-20-13(23-10)9-21-15(18-2)19-6-7-22-12-5-3-4-11(16)14(12)17;/h3-5,8H,6-7,9H2,1-2H3,(H2,18,19,21);1H. The van der Waals surface area contributed by atoms with Crippen LogP contribution in [0.3, 0.4) is 0 Å². The second-order valence-corrected chi connectivity index (χ2v) is 6.72. The Labute approximate surface area is 172 Å². The van der Waals surface area contributed by atoms with Gasteiger partial charge < -0.3 is 15.4 Å². The van der Waals surface area contributed by atoms with Gasteiger partial charge in [0.1, 0.15) is 22.4 Å². The van der Waals surface area contributed by atoms with Crippen molar-refractivity contribution in [3.05, 3.63) is 44.3 Å². The molecule has 24 heavy (non-hydrogen) atoms. The van der Waals surface area contributed by atoms with Gasteiger partial charge in [-0.25, -0.2) is 4.98 Å². The maximum Gasteiger partial charge on any atom is 0.191 e. The SMILES string of the molecule is CN=C(NCCOc1cccc(Cl)c1Cl)NCc1ncc(C)s1.I. The third-order valence-corrected chi connectivity index (χ3v) is 4.58. The van der Waals surface area contributed by atoms with E-state index < -0.39 is 0 Å². The summed E-state index contributed by atoms with van der Waals surface area (Å²) < 4.78 is 5.61. The van der Waals surface area contributed by atoms with Crippen LogP contribution in [0.4, 0.5) is 0 Å². The number of halogens is 3. The highest BCUT2D eigenvalue weighted by Gasteiger charge is 2.05. The van der Waals surface area contributed by atoms with Crippen LogP contribution >= 0.6 is 58.5 Å². The van der Waals surface area contributed by atoms with Gasteiger partial charge in [-0.1, -0.05) is 29.3 Å². The Balaban J connectivity index is 0.00000288. The molecule has 0 unspecified atom stereocenters. The van der Waals surface area contributed by atoms with Crippen LogP contribution in [-0.2, 0) is 6.54 Å². The molecule has 9 heteroatoms. The number of nitrogens with one attached hydrogen (secondary N) is 2. The highest BCUT2D eigenvalue weighted by molar-refractivity contribution is 14.0. The Bertz CT molecular complexity index is 681. The van der Waals surface area contributed by atoms with E-state index in [-0.39, 0.29) is 24.0 Å². The van der Waals surface area contributed by atoms with Gasteiger partial charge in [0.05, 0.1) is 18.1 Å². The van der Waals surface area contributed by atoms with Gasteiger partial charge in [0.25, 0.3) is 0 Å². The summed E-state index contributed by atoms with van der Waals surface area (Å²) in [6.07, 6.45) is 1.86. The van der Waals surface area contributed by atoms with Crippen LogP contribution in [0.5, 0.6) is 5.75 Å². The fourth-order valence-corrected chi connectivity index (χ4v) is 2.86. The Morgan fingerprint density at radius 3 is 2.79 bits per heavy atom. The largest absolute Gasteiger partial charge is 0.490 e. The smallest absolute Gasteiger partial charge is 0.191 e. The van der Waals surface area contributed by atoms with Crippen molar-refractivity contribution in [2.24, 2.45) is 4.99 Å². The number of hydrogen-bond acceptors (Lipinski definition) is 4. The summed E-state index contributed by atoms with van der Waals surface area (Å²) in [7, 11) is 1.72. The first kappa shape index (κ1) is 21.3. The number of thiazole rings is 1. The third kappa shape index (κ3) is 6.62. The van der Waals surface area contributed by atoms with Crippen molar-refractivity contribution >= 4 is 64.5 Å². The van der Waals surface area contributed by atoms with Crippen LogP contribution in [0.2, 0.25) is 10.0 Å². The van der Waals surface area contributed by atoms with E-state index in [0.717, 1.165) is 5.01 Å². The molecule has 0 aliphatic carbocycles. The number of ether oxygens (including phenoxy) is 1. The summed E-state index contributed by atoms with van der Waals surface area (Å²) >= 11 is 13.7. The summed E-state index contributed by atoms with van der Waals surface area (Å²) in [5.41, 5.74) is 0. The molecular weight excluding hydrogens is 482 g/mol. The number of aliphatic imine (C=N–C) groups is 1. The molecule has 0 fully saturated rings. The van der Waals surface area contributed by atoms with Gasteiger partial charge in [0.2, 0.25) is 0 Å². The van der Waals surface area contributed by atoms with Gasteiger partial charge in [0, 0.05) is 18.1 Å². The van der Waals surface area contributed by atoms with E-state index in [1.54, 1.807) is 36.6 Å². The molecule has 2 aromatic rings. The summed E-state index contributed by atoms with van der Waals surface area (Å²) in [5, 5.41) is 8.30. The molecule has 5 nitrogen and oxygen atoms in total. The molecule has 132 valence electrons. The zero-order valence-corrected chi connectivity index (χ0v) is 18.0. The maximum absolute atomic E-state index is 6.06. The van der Waals surface area contributed by atoms with Crippen molar-refractivity contribution in [1.82, 2.24) is 15.6 Å². The van der Waals surface area contributed by atoms with Gasteiger partial charge in [0.15, 0.2) is 5.96 Å². The van der Waals surface area contributed by atoms with Crippen molar-refractivity contribution < 1.29 is 4.74 Å². The van der Waals surface area contributed by atoms with Gasteiger partial charge in [-0.05, 0) is 19.1 Å². The van der Waals surface area contributed by atoms with E-state index in [4.69, 9.17) is 27.9 Å². The summed E-state index contributed by atoms with van der Waals surface area (Å²) in [6.45, 7) is 3.70. The molecule has 0 atom stereocenters. The van der Waals surface area contributed by atoms with Crippen LogP contribution in [0.15, 0.2) is 29.4 Å². The molecule has 0 saturated heterocycles. The molecule has 1 aromatic heterocycles. The van der Waals surface area contributed by atoms with E-state index in [9.17, 15) is 0 Å². The lowest BCUT2D eigenvalue weighted by Gasteiger charge is -2.12. The van der Waals surface area contributed by atoms with Crippen molar-refractivity contribution in [1.29, 1.82) is 0 Å². The Morgan fingerprint density at radius 2 is 2.12 bits per heavy atom. The average molecular weight is 501 g/mol. The van der Waals surface area contributed by atoms with Crippen LogP contribution in [0.25, 0.3) is 0 Å². The Hall–Kier alpha value is -0.770. The molecule has 0 bridgehead atoms. The summed E-state index contributed by atoms with van der Waals surface area (Å²) in [5.74, 6) is 1.26. The molecule has 0 saturated carbocycles. The zero-order valence-electron chi connectivity index (χ0n) is 13.3. The van der Waals surface area contributed by atoms with Crippen molar-refractivity contribution in [2.75, 3.05) is 20.2 Å². The van der Waals surface area contributed by atoms with E-state index >= 15 is 0 Å². The Morgan fingerprint density at radius 1 is 1.33 bits per heavy atom. The van der Waals surface area contributed by atoms with E-state index in [1.165, 1.54) is 4.88 Å². The van der Waals surface area contributed by atoms with E-state index in [0.29, 0.717) is 41.5 Å². The first-order chi connectivity index (χ1) is 11.1. The molecule has 0 radical (unpaired) electrons. The fourth-order valence-electron chi connectivity index (χ4n) is 1.79. The lowest BCUT2D eigenvalue weighted by atomic mass is 10.3. The van der Waals surface area contributed by atoms with Crippen LogP contribution in [-0.4, -0.2) is 31.1 Å². The van der Waals surface area contributed by atoms with Crippen LogP contribution < -0.4 is 15.4 Å². The van der Waals surface area contributed by atoms with Crippen LogP contribution in [0.1, 0.15) is 9.88 Å². The number of aromatic nitrogens is 1. The second-order valence-electron chi connectivity index (χ2n) is 4.62. The zero-order chi connectivity index (χ0) is 16.7.